The van der Waals surface area contributed by atoms with Gasteiger partial charge in [0, 0.05) is 17.1 Å². The Hall–Kier alpha value is -1.27. The van der Waals surface area contributed by atoms with Gasteiger partial charge in [-0.15, -0.1) is 0 Å². The lowest BCUT2D eigenvalue weighted by Gasteiger charge is -2.24. The molecule has 0 unspecified atom stereocenters. The molecule has 2 rings (SSSR count). The zero-order chi connectivity index (χ0) is 14.8. The highest BCUT2D eigenvalue weighted by Crippen LogP contribution is 2.32. The van der Waals surface area contributed by atoms with Gasteiger partial charge in [0.2, 0.25) is 5.91 Å². The number of hydrogen-bond donors (Lipinski definition) is 1. The van der Waals surface area contributed by atoms with Crippen molar-refractivity contribution in [1.29, 1.82) is 0 Å². The van der Waals surface area contributed by atoms with E-state index >= 15 is 0 Å². The van der Waals surface area contributed by atoms with E-state index in [4.69, 9.17) is 15.4 Å². The molecule has 0 bridgehead atoms. The van der Waals surface area contributed by atoms with Gasteiger partial charge in [0.05, 0.1) is 17.7 Å². The van der Waals surface area contributed by atoms with E-state index in [1.54, 1.807) is 0 Å². The normalized spacial score (nSPS) is 15.5. The van der Waals surface area contributed by atoms with Crippen molar-refractivity contribution >= 4 is 31.3 Å². The maximum Gasteiger partial charge on any atom is 0.261 e. The molecule has 20 heavy (non-hydrogen) atoms. The number of methoxy groups -OCH3 is 1. The summed E-state index contributed by atoms with van der Waals surface area (Å²) in [5.41, 5.74) is 0.318. The molecule has 5 nitrogen and oxygen atoms in total. The van der Waals surface area contributed by atoms with E-state index in [-0.39, 0.29) is 10.8 Å². The molecular weight excluding hydrogens is 302 g/mol. The number of benzene rings is 1. The molecule has 0 aliphatic heterocycles. The Morgan fingerprint density at radius 3 is 2.65 bits per heavy atom. The van der Waals surface area contributed by atoms with Crippen LogP contribution < -0.4 is 10.1 Å². The minimum atomic E-state index is -3.84. The fourth-order valence-electron chi connectivity index (χ4n) is 2.10. The smallest absolute Gasteiger partial charge is 0.261 e. The van der Waals surface area contributed by atoms with Gasteiger partial charge in [0.1, 0.15) is 5.75 Å². The van der Waals surface area contributed by atoms with Crippen LogP contribution in [0.4, 0.5) is 5.69 Å². The van der Waals surface area contributed by atoms with E-state index in [0.29, 0.717) is 23.8 Å². The lowest BCUT2D eigenvalue weighted by molar-refractivity contribution is -0.117. The summed E-state index contributed by atoms with van der Waals surface area (Å²) in [6, 6.07) is 4.11. The molecule has 0 radical (unpaired) electrons. The summed E-state index contributed by atoms with van der Waals surface area (Å²) in [5, 5.41) is 2.69. The Morgan fingerprint density at radius 2 is 2.15 bits per heavy atom. The first-order chi connectivity index (χ1) is 9.40. The molecule has 1 saturated carbocycles. The van der Waals surface area contributed by atoms with Crippen molar-refractivity contribution < 1.29 is 17.9 Å². The van der Waals surface area contributed by atoms with Gasteiger partial charge >= 0.3 is 0 Å². The van der Waals surface area contributed by atoms with Gasteiger partial charge in [-0.1, -0.05) is 6.42 Å². The molecule has 1 fully saturated rings. The van der Waals surface area contributed by atoms with Crippen molar-refractivity contribution in [2.24, 2.45) is 5.92 Å². The molecule has 1 amide bonds. The molecule has 1 aromatic carbocycles. The van der Waals surface area contributed by atoms with Crippen molar-refractivity contribution in [2.45, 2.75) is 30.6 Å². The van der Waals surface area contributed by atoms with Crippen LogP contribution in [-0.2, 0) is 13.8 Å². The SMILES string of the molecule is COc1ccc(S(=O)(=O)Cl)cc1NC(=O)CC1CCC1. The molecule has 0 heterocycles. The second-order valence-electron chi connectivity index (χ2n) is 4.85. The third-order valence-corrected chi connectivity index (χ3v) is 4.78. The predicted molar refractivity (Wildman–Crippen MR) is 76.6 cm³/mol. The van der Waals surface area contributed by atoms with E-state index in [1.807, 2.05) is 0 Å². The molecule has 1 N–H and O–H groups in total. The first kappa shape index (κ1) is 15.1. The Kier molecular flexibility index (Phi) is 4.55. The first-order valence-corrected chi connectivity index (χ1v) is 8.63. The van der Waals surface area contributed by atoms with Crippen LogP contribution in [0, 0.1) is 5.92 Å². The molecule has 0 aromatic heterocycles. The molecule has 1 aliphatic rings. The summed E-state index contributed by atoms with van der Waals surface area (Å²) in [4.78, 5) is 11.8. The monoisotopic (exact) mass is 317 g/mol. The molecule has 110 valence electrons. The second-order valence-corrected chi connectivity index (χ2v) is 7.42. The number of carbonyl (C=O) groups excluding carboxylic acids is 1. The van der Waals surface area contributed by atoms with Gasteiger partial charge in [-0.05, 0) is 37.0 Å². The minimum Gasteiger partial charge on any atom is -0.495 e. The third kappa shape index (κ3) is 3.64. The molecule has 1 aromatic rings. The number of amides is 1. The first-order valence-electron chi connectivity index (χ1n) is 6.32. The molecule has 7 heteroatoms. The highest BCUT2D eigenvalue weighted by atomic mass is 35.7. The highest BCUT2D eigenvalue weighted by Gasteiger charge is 2.21. The van der Waals surface area contributed by atoms with Gasteiger partial charge < -0.3 is 10.1 Å². The Labute approximate surface area is 122 Å². The number of rotatable bonds is 5. The third-order valence-electron chi connectivity index (χ3n) is 3.43. The molecular formula is C13H16ClNO4S. The maximum absolute atomic E-state index is 11.9. The van der Waals surface area contributed by atoms with Gasteiger partial charge in [-0.2, -0.15) is 0 Å². The van der Waals surface area contributed by atoms with E-state index in [2.05, 4.69) is 5.32 Å². The van der Waals surface area contributed by atoms with Crippen molar-refractivity contribution in [2.75, 3.05) is 12.4 Å². The quantitative estimate of drug-likeness (QED) is 0.848. The van der Waals surface area contributed by atoms with Crippen molar-refractivity contribution in [3.8, 4) is 5.75 Å². The minimum absolute atomic E-state index is 0.0705. The van der Waals surface area contributed by atoms with Crippen LogP contribution in [0.1, 0.15) is 25.7 Å². The van der Waals surface area contributed by atoms with E-state index in [0.717, 1.165) is 12.8 Å². The Bertz CT molecular complexity index is 611. The zero-order valence-corrected chi connectivity index (χ0v) is 12.6. The largest absolute Gasteiger partial charge is 0.495 e. The van der Waals surface area contributed by atoms with E-state index in [9.17, 15) is 13.2 Å². The lowest BCUT2D eigenvalue weighted by Crippen LogP contribution is -2.21. The van der Waals surface area contributed by atoms with Crippen LogP contribution in [0.25, 0.3) is 0 Å². The number of nitrogens with one attached hydrogen (secondary N) is 1. The number of hydrogen-bond acceptors (Lipinski definition) is 4. The molecule has 0 saturated heterocycles. The summed E-state index contributed by atoms with van der Waals surface area (Å²) in [7, 11) is 2.91. The molecule has 0 spiro atoms. The van der Waals surface area contributed by atoms with Gasteiger partial charge in [0.25, 0.3) is 9.05 Å². The van der Waals surface area contributed by atoms with Crippen LogP contribution in [-0.4, -0.2) is 21.4 Å². The average molecular weight is 318 g/mol. The summed E-state index contributed by atoms with van der Waals surface area (Å²) >= 11 is 0. The fraction of sp³-hybridized carbons (Fsp3) is 0.462. The average Bonchev–Trinajstić information content (AvgIpc) is 2.33. The summed E-state index contributed by atoms with van der Waals surface area (Å²) in [6.45, 7) is 0. The van der Waals surface area contributed by atoms with Crippen LogP contribution in [0.5, 0.6) is 5.75 Å². The molecule has 0 atom stereocenters. The lowest BCUT2D eigenvalue weighted by atomic mass is 9.83. The summed E-state index contributed by atoms with van der Waals surface area (Å²) in [5.74, 6) is 0.689. The number of halogens is 1. The Balaban J connectivity index is 2.17. The highest BCUT2D eigenvalue weighted by molar-refractivity contribution is 8.13. The van der Waals surface area contributed by atoms with Gasteiger partial charge in [-0.25, -0.2) is 8.42 Å². The van der Waals surface area contributed by atoms with Crippen molar-refractivity contribution in [3.63, 3.8) is 0 Å². The second kappa shape index (κ2) is 6.01. The maximum atomic E-state index is 11.9. The predicted octanol–water partition coefficient (Wildman–Crippen LogP) is 2.75. The number of ether oxygens (including phenoxy) is 1. The summed E-state index contributed by atoms with van der Waals surface area (Å²) in [6.07, 6.45) is 3.75. The van der Waals surface area contributed by atoms with Gasteiger partial charge in [-0.3, -0.25) is 4.79 Å². The van der Waals surface area contributed by atoms with Crippen molar-refractivity contribution in [3.05, 3.63) is 18.2 Å². The topological polar surface area (TPSA) is 72.5 Å². The zero-order valence-electron chi connectivity index (χ0n) is 11.1. The number of carbonyl (C=O) groups is 1. The van der Waals surface area contributed by atoms with Crippen molar-refractivity contribution in [1.82, 2.24) is 0 Å². The van der Waals surface area contributed by atoms with Crippen LogP contribution in [0.2, 0.25) is 0 Å². The van der Waals surface area contributed by atoms with Gasteiger partial charge in [0.15, 0.2) is 0 Å². The summed E-state index contributed by atoms with van der Waals surface area (Å²) < 4.78 is 27.7. The van der Waals surface area contributed by atoms with E-state index < -0.39 is 9.05 Å². The Morgan fingerprint density at radius 1 is 1.45 bits per heavy atom. The van der Waals surface area contributed by atoms with Crippen LogP contribution in [0.15, 0.2) is 23.1 Å². The molecule has 1 aliphatic carbocycles. The van der Waals surface area contributed by atoms with Crippen LogP contribution >= 0.6 is 10.7 Å². The number of anilines is 1. The fourth-order valence-corrected chi connectivity index (χ4v) is 2.87. The van der Waals surface area contributed by atoms with E-state index in [1.165, 1.54) is 31.7 Å². The van der Waals surface area contributed by atoms with Crippen LogP contribution in [0.3, 0.4) is 0 Å². The standard InChI is InChI=1S/C13H16ClNO4S/c1-19-12-6-5-10(20(14,17)18)8-11(12)15-13(16)7-9-3-2-4-9/h5-6,8-9H,2-4,7H2,1H3,(H,15,16).